The summed E-state index contributed by atoms with van der Waals surface area (Å²) in [6, 6.07) is 7.99. The fourth-order valence-corrected chi connectivity index (χ4v) is 3.58. The third-order valence-electron chi connectivity index (χ3n) is 4.98. The molecule has 0 radical (unpaired) electrons. The molecule has 1 aliphatic rings. The summed E-state index contributed by atoms with van der Waals surface area (Å²) in [5.74, 6) is -1.04. The Balaban J connectivity index is 1.75. The average molecular weight is 463 g/mol. The SMILES string of the molecule is CCOC(=O)c1ccc(N2CCN(C(=O)c3ccc(Cl)c([N+](=O)[O-])c3)CC2)c([N+](=O)[O-])c1. The van der Waals surface area contributed by atoms with Crippen molar-refractivity contribution >= 4 is 40.5 Å². The summed E-state index contributed by atoms with van der Waals surface area (Å²) in [5, 5.41) is 22.6. The Morgan fingerprint density at radius 2 is 1.56 bits per heavy atom. The topological polar surface area (TPSA) is 136 Å². The van der Waals surface area contributed by atoms with Crippen molar-refractivity contribution in [2.24, 2.45) is 0 Å². The number of carbonyl (C=O) groups is 2. The molecule has 0 aromatic heterocycles. The largest absolute Gasteiger partial charge is 0.462 e. The van der Waals surface area contributed by atoms with E-state index in [1.165, 1.54) is 35.2 Å². The maximum Gasteiger partial charge on any atom is 0.338 e. The molecular formula is C20H19ClN4O7. The summed E-state index contributed by atoms with van der Waals surface area (Å²) in [5.41, 5.74) is -0.0332. The van der Waals surface area contributed by atoms with Gasteiger partial charge >= 0.3 is 5.97 Å². The second-order valence-corrected chi connectivity index (χ2v) is 7.29. The van der Waals surface area contributed by atoms with Gasteiger partial charge in [0.05, 0.1) is 22.0 Å². The number of nitrogens with zero attached hydrogens (tertiary/aromatic N) is 4. The number of amides is 1. The van der Waals surface area contributed by atoms with Gasteiger partial charge in [0.2, 0.25) is 0 Å². The van der Waals surface area contributed by atoms with Gasteiger partial charge in [0.15, 0.2) is 0 Å². The van der Waals surface area contributed by atoms with E-state index in [1.54, 1.807) is 11.8 Å². The highest BCUT2D eigenvalue weighted by molar-refractivity contribution is 6.32. The van der Waals surface area contributed by atoms with E-state index in [1.807, 2.05) is 0 Å². The van der Waals surface area contributed by atoms with E-state index < -0.39 is 21.7 Å². The van der Waals surface area contributed by atoms with E-state index in [2.05, 4.69) is 0 Å². The smallest absolute Gasteiger partial charge is 0.338 e. The molecule has 12 heteroatoms. The van der Waals surface area contributed by atoms with Gasteiger partial charge in [0.1, 0.15) is 10.7 Å². The van der Waals surface area contributed by atoms with Crippen molar-refractivity contribution in [2.75, 3.05) is 37.7 Å². The van der Waals surface area contributed by atoms with E-state index in [0.717, 1.165) is 6.07 Å². The summed E-state index contributed by atoms with van der Waals surface area (Å²) in [4.78, 5) is 49.3. The van der Waals surface area contributed by atoms with E-state index >= 15 is 0 Å². The van der Waals surface area contributed by atoms with Crippen LogP contribution in [0.3, 0.4) is 0 Å². The van der Waals surface area contributed by atoms with E-state index in [-0.39, 0.29) is 47.2 Å². The van der Waals surface area contributed by atoms with Crippen molar-refractivity contribution in [3.05, 3.63) is 72.8 Å². The molecule has 168 valence electrons. The predicted octanol–water partition coefficient (Wildman–Crippen LogP) is 3.30. The first kappa shape index (κ1) is 22.9. The van der Waals surface area contributed by atoms with Gasteiger partial charge in [-0.3, -0.25) is 25.0 Å². The Morgan fingerprint density at radius 1 is 0.969 bits per heavy atom. The lowest BCUT2D eigenvalue weighted by Crippen LogP contribution is -2.49. The third-order valence-corrected chi connectivity index (χ3v) is 5.30. The molecule has 3 rings (SSSR count). The van der Waals surface area contributed by atoms with Gasteiger partial charge in [-0.1, -0.05) is 11.6 Å². The van der Waals surface area contributed by atoms with E-state index in [0.29, 0.717) is 18.8 Å². The molecule has 1 saturated heterocycles. The van der Waals surface area contributed by atoms with Crippen LogP contribution in [0, 0.1) is 20.2 Å². The van der Waals surface area contributed by atoms with E-state index in [4.69, 9.17) is 16.3 Å². The highest BCUT2D eigenvalue weighted by Crippen LogP contribution is 2.31. The van der Waals surface area contributed by atoms with Crippen LogP contribution in [0.5, 0.6) is 0 Å². The van der Waals surface area contributed by atoms with Gasteiger partial charge < -0.3 is 14.5 Å². The number of halogens is 1. The number of ether oxygens (including phenoxy) is 1. The van der Waals surface area contributed by atoms with Gasteiger partial charge in [0.25, 0.3) is 17.3 Å². The predicted molar refractivity (Wildman–Crippen MR) is 115 cm³/mol. The van der Waals surface area contributed by atoms with Crippen molar-refractivity contribution in [1.82, 2.24) is 4.90 Å². The molecule has 0 spiro atoms. The molecule has 0 atom stereocenters. The molecular weight excluding hydrogens is 444 g/mol. The molecule has 2 aromatic rings. The van der Waals surface area contributed by atoms with Crippen LogP contribution in [0.4, 0.5) is 17.1 Å². The van der Waals surface area contributed by atoms with Gasteiger partial charge in [-0.2, -0.15) is 0 Å². The van der Waals surface area contributed by atoms with Crippen molar-refractivity contribution in [3.63, 3.8) is 0 Å². The highest BCUT2D eigenvalue weighted by Gasteiger charge is 2.28. The van der Waals surface area contributed by atoms with Crippen molar-refractivity contribution in [3.8, 4) is 0 Å². The number of rotatable bonds is 6. The summed E-state index contributed by atoms with van der Waals surface area (Å²) in [6.45, 7) is 2.92. The van der Waals surface area contributed by atoms with Gasteiger partial charge in [-0.05, 0) is 31.2 Å². The molecule has 1 heterocycles. The Hall–Kier alpha value is -3.73. The molecule has 11 nitrogen and oxygen atoms in total. The number of anilines is 1. The lowest BCUT2D eigenvalue weighted by molar-refractivity contribution is -0.384. The molecule has 2 aromatic carbocycles. The maximum atomic E-state index is 12.8. The number of hydrogen-bond donors (Lipinski definition) is 0. The number of nitro groups is 2. The van der Waals surface area contributed by atoms with E-state index in [9.17, 15) is 29.8 Å². The van der Waals surface area contributed by atoms with Crippen LogP contribution in [0.1, 0.15) is 27.6 Å². The quantitative estimate of drug-likeness (QED) is 0.362. The van der Waals surface area contributed by atoms with Crippen LogP contribution in [0.15, 0.2) is 36.4 Å². The minimum Gasteiger partial charge on any atom is -0.462 e. The van der Waals surface area contributed by atoms with Gasteiger partial charge in [-0.25, -0.2) is 4.79 Å². The standard InChI is InChI=1S/C20H19ClN4O7/c1-2-32-20(27)14-4-6-16(18(12-14)25(30)31)22-7-9-23(10-8-22)19(26)13-3-5-15(21)17(11-13)24(28)29/h3-6,11-12H,2,7-10H2,1H3. The highest BCUT2D eigenvalue weighted by atomic mass is 35.5. The van der Waals surface area contributed by atoms with Crippen LogP contribution in [-0.4, -0.2) is 59.4 Å². The molecule has 0 bridgehead atoms. The van der Waals surface area contributed by atoms with Crippen molar-refractivity contribution < 1.29 is 24.2 Å². The molecule has 32 heavy (non-hydrogen) atoms. The zero-order valence-electron chi connectivity index (χ0n) is 17.0. The second kappa shape index (κ2) is 9.60. The maximum absolute atomic E-state index is 12.8. The first-order valence-electron chi connectivity index (χ1n) is 9.66. The normalized spacial score (nSPS) is 13.6. The van der Waals surface area contributed by atoms with Crippen LogP contribution in [0.25, 0.3) is 0 Å². The number of nitro benzene ring substituents is 2. The first-order valence-corrected chi connectivity index (χ1v) is 10.0. The van der Waals surface area contributed by atoms with Crippen LogP contribution in [-0.2, 0) is 4.74 Å². The molecule has 0 saturated carbocycles. The van der Waals surface area contributed by atoms with Crippen molar-refractivity contribution in [2.45, 2.75) is 6.92 Å². The second-order valence-electron chi connectivity index (χ2n) is 6.88. The molecule has 1 fully saturated rings. The number of hydrogen-bond acceptors (Lipinski definition) is 8. The Labute approximate surface area is 187 Å². The summed E-state index contributed by atoms with van der Waals surface area (Å²) in [7, 11) is 0. The third kappa shape index (κ3) is 4.78. The molecule has 0 N–H and O–H groups in total. The van der Waals surface area contributed by atoms with Crippen LogP contribution in [0.2, 0.25) is 5.02 Å². The monoisotopic (exact) mass is 462 g/mol. The van der Waals surface area contributed by atoms with Crippen LogP contribution >= 0.6 is 11.6 Å². The van der Waals surface area contributed by atoms with Crippen molar-refractivity contribution in [1.29, 1.82) is 0 Å². The van der Waals surface area contributed by atoms with Gasteiger partial charge in [0, 0.05) is 43.9 Å². The number of piperazine rings is 1. The lowest BCUT2D eigenvalue weighted by Gasteiger charge is -2.35. The average Bonchev–Trinajstić information content (AvgIpc) is 2.78. The molecule has 1 aliphatic heterocycles. The number of benzene rings is 2. The Morgan fingerprint density at radius 3 is 2.16 bits per heavy atom. The zero-order valence-corrected chi connectivity index (χ0v) is 17.8. The summed E-state index contributed by atoms with van der Waals surface area (Å²) >= 11 is 5.80. The van der Waals surface area contributed by atoms with Gasteiger partial charge in [-0.15, -0.1) is 0 Å². The molecule has 0 unspecified atom stereocenters. The number of esters is 1. The fraction of sp³-hybridized carbons (Fsp3) is 0.300. The lowest BCUT2D eigenvalue weighted by atomic mass is 10.1. The minimum absolute atomic E-state index is 0.0602. The molecule has 0 aliphatic carbocycles. The first-order chi connectivity index (χ1) is 15.2. The summed E-state index contributed by atoms with van der Waals surface area (Å²) < 4.78 is 4.89. The fourth-order valence-electron chi connectivity index (χ4n) is 3.40. The summed E-state index contributed by atoms with van der Waals surface area (Å²) in [6.07, 6.45) is 0. The Bertz CT molecular complexity index is 1080. The number of carbonyl (C=O) groups excluding carboxylic acids is 2. The minimum atomic E-state index is -0.657. The zero-order chi connectivity index (χ0) is 23.4. The molecule has 1 amide bonds. The van der Waals surface area contributed by atoms with Crippen LogP contribution < -0.4 is 4.90 Å². The Kier molecular flexibility index (Phi) is 6.89.